The van der Waals surface area contributed by atoms with Crippen LogP contribution >= 0.6 is 27.7 Å². The Morgan fingerprint density at radius 2 is 1.93 bits per heavy atom. The van der Waals surface area contributed by atoms with Crippen molar-refractivity contribution in [2.24, 2.45) is 0 Å². The Balaban J connectivity index is 1.65. The van der Waals surface area contributed by atoms with Crippen molar-refractivity contribution >= 4 is 55.8 Å². The fraction of sp³-hybridized carbons (Fsp3) is 0.190. The zero-order chi connectivity index (χ0) is 19.7. The maximum atomic E-state index is 12.8. The van der Waals surface area contributed by atoms with Gasteiger partial charge in [0.05, 0.1) is 10.8 Å². The number of pyridine rings is 1. The average molecular weight is 455 g/mol. The fourth-order valence-corrected chi connectivity index (χ4v) is 4.39. The number of nitrogens with zero attached hydrogens (tertiary/aromatic N) is 3. The van der Waals surface area contributed by atoms with Gasteiger partial charge in [-0.2, -0.15) is 0 Å². The molecule has 7 heteroatoms. The first-order chi connectivity index (χ1) is 13.6. The highest BCUT2D eigenvalue weighted by atomic mass is 79.9. The predicted octanol–water partition coefficient (Wildman–Crippen LogP) is 5.46. The van der Waals surface area contributed by atoms with E-state index < -0.39 is 0 Å². The highest BCUT2D eigenvalue weighted by Gasteiger charge is 2.22. The van der Waals surface area contributed by atoms with Gasteiger partial charge in [-0.05, 0) is 55.3 Å². The summed E-state index contributed by atoms with van der Waals surface area (Å²) in [6, 6.07) is 17.8. The summed E-state index contributed by atoms with van der Waals surface area (Å²) in [6.45, 7) is 4.08. The minimum absolute atomic E-state index is 0.0389. The van der Waals surface area contributed by atoms with Crippen molar-refractivity contribution < 1.29 is 4.79 Å². The van der Waals surface area contributed by atoms with Crippen molar-refractivity contribution in [1.29, 1.82) is 0 Å². The van der Waals surface area contributed by atoms with E-state index in [-0.39, 0.29) is 11.2 Å². The van der Waals surface area contributed by atoms with Gasteiger partial charge in [0, 0.05) is 15.5 Å². The maximum Gasteiger partial charge on any atom is 0.237 e. The first kappa shape index (κ1) is 19.0. The van der Waals surface area contributed by atoms with Crippen molar-refractivity contribution in [3.8, 4) is 0 Å². The number of para-hydroxylation sites is 1. The SMILES string of the molecule is CCC(Sc1nnc2cc(C)c3ccccc3n12)C(=O)Nc1ccc(Br)cc1. The predicted molar refractivity (Wildman–Crippen MR) is 118 cm³/mol. The lowest BCUT2D eigenvalue weighted by molar-refractivity contribution is -0.115. The average Bonchev–Trinajstić information content (AvgIpc) is 3.10. The van der Waals surface area contributed by atoms with Crippen LogP contribution in [0.2, 0.25) is 0 Å². The van der Waals surface area contributed by atoms with Crippen LogP contribution < -0.4 is 5.32 Å². The number of hydrogen-bond acceptors (Lipinski definition) is 4. The monoisotopic (exact) mass is 454 g/mol. The molecule has 28 heavy (non-hydrogen) atoms. The molecule has 5 nitrogen and oxygen atoms in total. The van der Waals surface area contributed by atoms with Gasteiger partial charge in [0.25, 0.3) is 0 Å². The second-order valence-corrected chi connectivity index (χ2v) is 8.62. The Bertz CT molecular complexity index is 1160. The zero-order valence-corrected chi connectivity index (χ0v) is 17.9. The second-order valence-electron chi connectivity index (χ2n) is 6.53. The molecule has 0 aliphatic rings. The number of aromatic nitrogens is 3. The van der Waals surface area contributed by atoms with Crippen molar-refractivity contribution in [2.45, 2.75) is 30.7 Å². The lowest BCUT2D eigenvalue weighted by Crippen LogP contribution is -2.24. The molecular weight excluding hydrogens is 436 g/mol. The van der Waals surface area contributed by atoms with Crippen molar-refractivity contribution in [1.82, 2.24) is 14.6 Å². The van der Waals surface area contributed by atoms with E-state index in [4.69, 9.17) is 0 Å². The van der Waals surface area contributed by atoms with Crippen LogP contribution in [-0.2, 0) is 4.79 Å². The standard InChI is InChI=1S/C21H19BrN4OS/c1-3-18(20(27)23-15-10-8-14(22)9-11-15)28-21-25-24-19-12-13(2)16-6-4-5-7-17(16)26(19)21/h4-12,18H,3H2,1-2H3,(H,23,27). The molecule has 0 saturated heterocycles. The highest BCUT2D eigenvalue weighted by Crippen LogP contribution is 2.29. The van der Waals surface area contributed by atoms with Gasteiger partial charge in [0.2, 0.25) is 5.91 Å². The minimum atomic E-state index is -0.267. The van der Waals surface area contributed by atoms with Gasteiger partial charge in [-0.25, -0.2) is 0 Å². The molecule has 0 aliphatic carbocycles. The molecule has 0 aliphatic heterocycles. The van der Waals surface area contributed by atoms with Gasteiger partial charge in [-0.3, -0.25) is 9.20 Å². The third-order valence-electron chi connectivity index (χ3n) is 4.60. The van der Waals surface area contributed by atoms with Gasteiger partial charge < -0.3 is 5.32 Å². The number of aryl methyl sites for hydroxylation is 1. The summed E-state index contributed by atoms with van der Waals surface area (Å²) in [5.74, 6) is -0.0389. The Morgan fingerprint density at radius 1 is 1.18 bits per heavy atom. The van der Waals surface area contributed by atoms with E-state index in [1.54, 1.807) is 0 Å². The van der Waals surface area contributed by atoms with E-state index in [0.29, 0.717) is 6.42 Å². The van der Waals surface area contributed by atoms with E-state index in [2.05, 4.69) is 50.5 Å². The van der Waals surface area contributed by atoms with Crippen LogP contribution in [0.25, 0.3) is 16.6 Å². The molecule has 142 valence electrons. The molecule has 0 radical (unpaired) electrons. The topological polar surface area (TPSA) is 59.3 Å². The Labute approximate surface area is 175 Å². The van der Waals surface area contributed by atoms with Crippen LogP contribution in [0.5, 0.6) is 0 Å². The van der Waals surface area contributed by atoms with Gasteiger partial charge in [-0.1, -0.05) is 52.8 Å². The van der Waals surface area contributed by atoms with Gasteiger partial charge >= 0.3 is 0 Å². The summed E-state index contributed by atoms with van der Waals surface area (Å²) in [6.07, 6.45) is 0.686. The zero-order valence-electron chi connectivity index (χ0n) is 15.5. The molecule has 4 aromatic rings. The number of hydrogen-bond donors (Lipinski definition) is 1. The van der Waals surface area contributed by atoms with E-state index in [1.165, 1.54) is 11.8 Å². The molecular formula is C21H19BrN4OS. The summed E-state index contributed by atoms with van der Waals surface area (Å²) >= 11 is 4.85. The molecule has 0 spiro atoms. The van der Waals surface area contributed by atoms with Crippen LogP contribution in [-0.4, -0.2) is 25.8 Å². The third kappa shape index (κ3) is 3.64. The third-order valence-corrected chi connectivity index (χ3v) is 6.43. The summed E-state index contributed by atoms with van der Waals surface area (Å²) in [5, 5.41) is 13.3. The number of thioether (sulfide) groups is 1. The molecule has 0 bridgehead atoms. The number of rotatable bonds is 5. The van der Waals surface area contributed by atoms with Gasteiger partial charge in [0.15, 0.2) is 10.8 Å². The molecule has 0 fully saturated rings. The van der Waals surface area contributed by atoms with E-state index in [0.717, 1.165) is 37.4 Å². The maximum absolute atomic E-state index is 12.8. The first-order valence-corrected chi connectivity index (χ1v) is 10.7. The highest BCUT2D eigenvalue weighted by molar-refractivity contribution is 9.10. The number of nitrogens with one attached hydrogen (secondary N) is 1. The van der Waals surface area contributed by atoms with E-state index in [1.807, 2.05) is 53.8 Å². The summed E-state index contributed by atoms with van der Waals surface area (Å²) < 4.78 is 3.01. The van der Waals surface area contributed by atoms with E-state index in [9.17, 15) is 4.79 Å². The molecule has 4 rings (SSSR count). The molecule has 2 aromatic carbocycles. The molecule has 1 unspecified atom stereocenters. The quantitative estimate of drug-likeness (QED) is 0.406. The number of halogens is 1. The van der Waals surface area contributed by atoms with Crippen LogP contribution in [0, 0.1) is 6.92 Å². The van der Waals surface area contributed by atoms with Gasteiger partial charge in [-0.15, -0.1) is 10.2 Å². The Morgan fingerprint density at radius 3 is 2.68 bits per heavy atom. The van der Waals surface area contributed by atoms with Crippen LogP contribution in [0.15, 0.2) is 64.2 Å². The van der Waals surface area contributed by atoms with Crippen LogP contribution in [0.4, 0.5) is 5.69 Å². The van der Waals surface area contributed by atoms with E-state index >= 15 is 0 Å². The fourth-order valence-electron chi connectivity index (χ4n) is 3.16. The van der Waals surface area contributed by atoms with Crippen LogP contribution in [0.1, 0.15) is 18.9 Å². The molecule has 1 atom stereocenters. The number of anilines is 1. The Kier molecular flexibility index (Phi) is 5.37. The largest absolute Gasteiger partial charge is 0.325 e. The number of carbonyl (C=O) groups is 1. The number of amides is 1. The lowest BCUT2D eigenvalue weighted by atomic mass is 10.1. The summed E-state index contributed by atoms with van der Waals surface area (Å²) in [7, 11) is 0. The summed E-state index contributed by atoms with van der Waals surface area (Å²) in [5.41, 5.74) is 3.78. The smallest absolute Gasteiger partial charge is 0.237 e. The van der Waals surface area contributed by atoms with Crippen molar-refractivity contribution in [3.05, 3.63) is 64.6 Å². The Hall–Kier alpha value is -2.38. The summed E-state index contributed by atoms with van der Waals surface area (Å²) in [4.78, 5) is 12.8. The van der Waals surface area contributed by atoms with Crippen molar-refractivity contribution in [3.63, 3.8) is 0 Å². The number of carbonyl (C=O) groups excluding carboxylic acids is 1. The molecule has 1 N–H and O–H groups in total. The minimum Gasteiger partial charge on any atom is -0.325 e. The molecule has 2 heterocycles. The molecule has 0 saturated carbocycles. The first-order valence-electron chi connectivity index (χ1n) is 9.03. The molecule has 2 aromatic heterocycles. The second kappa shape index (κ2) is 7.93. The lowest BCUT2D eigenvalue weighted by Gasteiger charge is -2.14. The van der Waals surface area contributed by atoms with Crippen molar-refractivity contribution in [2.75, 3.05) is 5.32 Å². The number of fused-ring (bicyclic) bond motifs is 3. The van der Waals surface area contributed by atoms with Crippen LogP contribution in [0.3, 0.4) is 0 Å². The normalized spacial score (nSPS) is 12.4. The van der Waals surface area contributed by atoms with Gasteiger partial charge in [0.1, 0.15) is 0 Å². The molecule has 1 amide bonds. The number of benzene rings is 2.